The van der Waals surface area contributed by atoms with Crippen LogP contribution in [0.1, 0.15) is 42.1 Å². The highest BCUT2D eigenvalue weighted by Crippen LogP contribution is 2.39. The number of nitrogens with one attached hydrogen (secondary N) is 1. The largest absolute Gasteiger partial charge is 0.506 e. The second-order valence-electron chi connectivity index (χ2n) is 8.60. The Kier molecular flexibility index (Phi) is 5.05. The normalized spacial score (nSPS) is 28.1. The minimum Gasteiger partial charge on any atom is -0.506 e. The van der Waals surface area contributed by atoms with Crippen LogP contribution in [0.15, 0.2) is 34.5 Å². The maximum atomic E-state index is 12.8. The molecule has 1 aromatic rings. The first-order valence-corrected chi connectivity index (χ1v) is 10.3. The number of aromatic hydroxyl groups is 1. The van der Waals surface area contributed by atoms with Crippen LogP contribution < -0.4 is 5.32 Å². The van der Waals surface area contributed by atoms with Crippen LogP contribution in [0.25, 0.3) is 0 Å². The average molecular weight is 412 g/mol. The summed E-state index contributed by atoms with van der Waals surface area (Å²) < 4.78 is 0. The van der Waals surface area contributed by atoms with Crippen molar-refractivity contribution in [2.75, 3.05) is 21.1 Å². The van der Waals surface area contributed by atoms with Crippen molar-refractivity contribution in [3.05, 3.63) is 40.6 Å². The predicted molar refractivity (Wildman–Crippen MR) is 112 cm³/mol. The van der Waals surface area contributed by atoms with Crippen molar-refractivity contribution in [2.45, 2.75) is 44.5 Å². The van der Waals surface area contributed by atoms with Crippen molar-refractivity contribution in [3.8, 4) is 5.75 Å². The molecule has 8 nitrogen and oxygen atoms in total. The molecular formula is C22H28N4O4. The number of carbonyl (C=O) groups is 2. The highest BCUT2D eigenvalue weighted by Gasteiger charge is 2.47. The first kappa shape index (κ1) is 20.4. The first-order valence-electron chi connectivity index (χ1n) is 10.3. The van der Waals surface area contributed by atoms with Crippen LogP contribution in [0.4, 0.5) is 0 Å². The Morgan fingerprint density at radius 2 is 2.03 bits per heavy atom. The average Bonchev–Trinajstić information content (AvgIpc) is 3.33. The molecule has 8 heteroatoms. The van der Waals surface area contributed by atoms with Gasteiger partial charge in [0.2, 0.25) is 0 Å². The van der Waals surface area contributed by atoms with Crippen LogP contribution >= 0.6 is 0 Å². The van der Waals surface area contributed by atoms with Gasteiger partial charge in [-0.3, -0.25) is 14.6 Å². The zero-order valence-corrected chi connectivity index (χ0v) is 17.7. The van der Waals surface area contributed by atoms with Crippen molar-refractivity contribution < 1.29 is 19.8 Å². The molecule has 3 aliphatic rings. The van der Waals surface area contributed by atoms with Gasteiger partial charge >= 0.3 is 0 Å². The number of aliphatic imine (C=N–C) groups is 1. The monoisotopic (exact) mass is 412 g/mol. The summed E-state index contributed by atoms with van der Waals surface area (Å²) in [5.74, 6) is -0.241. The molecule has 2 amide bonds. The molecule has 4 rings (SSSR count). The highest BCUT2D eigenvalue weighted by atomic mass is 16.3. The number of para-hydroxylation sites is 1. The zero-order chi connectivity index (χ0) is 21.7. The van der Waals surface area contributed by atoms with Gasteiger partial charge in [0.15, 0.2) is 6.23 Å². The van der Waals surface area contributed by atoms with E-state index < -0.39 is 12.3 Å². The summed E-state index contributed by atoms with van der Waals surface area (Å²) in [7, 11) is 4.81. The Balaban J connectivity index is 1.64. The molecule has 0 bridgehead atoms. The van der Waals surface area contributed by atoms with Gasteiger partial charge in [0, 0.05) is 38.3 Å². The van der Waals surface area contributed by atoms with Crippen molar-refractivity contribution in [1.82, 2.24) is 15.1 Å². The van der Waals surface area contributed by atoms with Crippen LogP contribution in [0.3, 0.4) is 0 Å². The second-order valence-corrected chi connectivity index (χ2v) is 8.60. The summed E-state index contributed by atoms with van der Waals surface area (Å²) in [5, 5.41) is 24.8. The number of hydrogen-bond donors (Lipinski definition) is 3. The molecule has 1 saturated carbocycles. The lowest BCUT2D eigenvalue weighted by Gasteiger charge is -2.19. The minimum atomic E-state index is -1.07. The van der Waals surface area contributed by atoms with Crippen molar-refractivity contribution in [1.29, 1.82) is 0 Å². The molecule has 0 aromatic heterocycles. The number of amides is 2. The molecule has 2 heterocycles. The summed E-state index contributed by atoms with van der Waals surface area (Å²) in [4.78, 5) is 32.3. The van der Waals surface area contributed by atoms with E-state index in [0.29, 0.717) is 28.5 Å². The molecular weight excluding hydrogens is 384 g/mol. The maximum Gasteiger partial charge on any atom is 0.272 e. The number of carbonyl (C=O) groups excluding carboxylic acids is 2. The standard InChI is InChI=1S/C22H28N4O4/c1-11-7-5-10-14(11)23-18-15(21(29)26(4)22(18)30)17-16(24-17)12-8-6-9-13(19(12)27)20(28)25(2)3/h6,8-9,11,14,17,21,23,27,29H,5,7,10H2,1-4H3/t11-,14?,17?,21?/m0/s1. The summed E-state index contributed by atoms with van der Waals surface area (Å²) in [6, 6.07) is 4.65. The van der Waals surface area contributed by atoms with Crippen LogP contribution in [0.5, 0.6) is 5.75 Å². The number of benzene rings is 1. The van der Waals surface area contributed by atoms with Gasteiger partial charge in [-0.1, -0.05) is 19.4 Å². The van der Waals surface area contributed by atoms with Crippen molar-refractivity contribution >= 4 is 17.5 Å². The third kappa shape index (κ3) is 3.25. The van der Waals surface area contributed by atoms with Gasteiger partial charge in [0.05, 0.1) is 11.3 Å². The molecule has 2 aliphatic heterocycles. The Morgan fingerprint density at radius 3 is 2.67 bits per heavy atom. The molecule has 30 heavy (non-hydrogen) atoms. The number of aliphatic hydroxyl groups is 1. The quantitative estimate of drug-likeness (QED) is 0.671. The third-order valence-electron chi connectivity index (χ3n) is 6.36. The molecule has 1 aliphatic carbocycles. The minimum absolute atomic E-state index is 0.135. The van der Waals surface area contributed by atoms with Gasteiger partial charge in [-0.15, -0.1) is 0 Å². The van der Waals surface area contributed by atoms with Gasteiger partial charge in [-0.2, -0.15) is 0 Å². The van der Waals surface area contributed by atoms with E-state index in [2.05, 4.69) is 17.2 Å². The topological polar surface area (TPSA) is 105 Å². The number of hydrogen-bond acceptors (Lipinski definition) is 6. The van der Waals surface area contributed by atoms with Crippen LogP contribution in [0, 0.1) is 5.92 Å². The molecule has 4 atom stereocenters. The molecule has 1 aromatic carbocycles. The van der Waals surface area contributed by atoms with Gasteiger partial charge in [-0.05, 0) is 30.9 Å². The van der Waals surface area contributed by atoms with E-state index in [1.165, 1.54) is 9.80 Å². The Bertz CT molecular complexity index is 968. The Labute approximate surface area is 175 Å². The molecule has 160 valence electrons. The summed E-state index contributed by atoms with van der Waals surface area (Å²) in [6.07, 6.45) is 2.13. The molecule has 3 unspecified atom stereocenters. The van der Waals surface area contributed by atoms with Crippen LogP contribution in [-0.4, -0.2) is 77.0 Å². The number of rotatable bonds is 5. The second kappa shape index (κ2) is 7.43. The predicted octanol–water partition coefficient (Wildman–Crippen LogP) is 1.09. The molecule has 0 spiro atoms. The van der Waals surface area contributed by atoms with Gasteiger partial charge in [-0.25, -0.2) is 0 Å². The smallest absolute Gasteiger partial charge is 0.272 e. The lowest BCUT2D eigenvalue weighted by Crippen LogP contribution is -2.36. The lowest BCUT2D eigenvalue weighted by atomic mass is 9.98. The number of phenols is 1. The van der Waals surface area contributed by atoms with Gasteiger partial charge in [0.25, 0.3) is 11.8 Å². The van der Waals surface area contributed by atoms with E-state index in [9.17, 15) is 19.8 Å². The Morgan fingerprint density at radius 1 is 1.30 bits per heavy atom. The van der Waals surface area contributed by atoms with E-state index in [-0.39, 0.29) is 29.2 Å². The van der Waals surface area contributed by atoms with Gasteiger partial charge in [0.1, 0.15) is 17.5 Å². The van der Waals surface area contributed by atoms with E-state index in [4.69, 9.17) is 0 Å². The fourth-order valence-corrected chi connectivity index (χ4v) is 4.42. The number of nitrogens with zero attached hydrogens (tertiary/aromatic N) is 3. The zero-order valence-electron chi connectivity index (χ0n) is 17.7. The third-order valence-corrected chi connectivity index (χ3v) is 6.36. The van der Waals surface area contributed by atoms with Crippen LogP contribution in [0.2, 0.25) is 0 Å². The molecule has 0 saturated heterocycles. The number of likely N-dealkylation sites (N-methyl/N-ethyl adjacent to an activating group) is 1. The SMILES string of the molecule is C[C@H]1CCCC1NC1=C(C2N=C2c2cccc(C(=O)N(C)C)c2O)C(O)N(C)C1=O. The van der Waals surface area contributed by atoms with E-state index >= 15 is 0 Å². The van der Waals surface area contributed by atoms with Crippen LogP contribution in [-0.2, 0) is 4.79 Å². The highest BCUT2D eigenvalue weighted by molar-refractivity contribution is 6.19. The fraction of sp³-hybridized carbons (Fsp3) is 0.500. The van der Waals surface area contributed by atoms with Gasteiger partial charge < -0.3 is 25.3 Å². The number of aliphatic hydroxyl groups excluding tert-OH is 1. The lowest BCUT2D eigenvalue weighted by molar-refractivity contribution is -0.130. The van der Waals surface area contributed by atoms with E-state index in [0.717, 1.165) is 19.3 Å². The number of phenolic OH excluding ortho intramolecular Hbond substituents is 1. The fourth-order valence-electron chi connectivity index (χ4n) is 4.42. The van der Waals surface area contributed by atoms with Crippen molar-refractivity contribution in [2.24, 2.45) is 10.9 Å². The maximum absolute atomic E-state index is 12.8. The van der Waals surface area contributed by atoms with Crippen molar-refractivity contribution in [3.63, 3.8) is 0 Å². The van der Waals surface area contributed by atoms with E-state index in [1.807, 2.05) is 0 Å². The molecule has 3 N–H and O–H groups in total. The summed E-state index contributed by atoms with van der Waals surface area (Å²) >= 11 is 0. The summed E-state index contributed by atoms with van der Waals surface area (Å²) in [5.41, 5.74) is 2.13. The Hall–Kier alpha value is -2.87. The molecule has 0 radical (unpaired) electrons. The van der Waals surface area contributed by atoms with E-state index in [1.54, 1.807) is 39.3 Å². The molecule has 1 fully saturated rings. The summed E-state index contributed by atoms with van der Waals surface area (Å²) in [6.45, 7) is 2.16. The first-order chi connectivity index (χ1) is 14.2.